The minimum atomic E-state index is 0.0941. The van der Waals surface area contributed by atoms with Gasteiger partial charge in [0.15, 0.2) is 11.5 Å². The first-order chi connectivity index (χ1) is 11.7. The van der Waals surface area contributed by atoms with E-state index in [1.807, 2.05) is 21.9 Å². The summed E-state index contributed by atoms with van der Waals surface area (Å²) in [6.07, 6.45) is 3.45. The quantitative estimate of drug-likeness (QED) is 0.852. The molecule has 3 rings (SSSR count). The average molecular weight is 342 g/mol. The van der Waals surface area contributed by atoms with Crippen LogP contribution in [0.5, 0.6) is 0 Å². The van der Waals surface area contributed by atoms with Crippen LogP contribution >= 0.6 is 11.6 Å². The fourth-order valence-electron chi connectivity index (χ4n) is 2.70. The van der Waals surface area contributed by atoms with E-state index in [0.29, 0.717) is 49.1 Å². The second-order valence-electron chi connectivity index (χ2n) is 5.51. The summed E-state index contributed by atoms with van der Waals surface area (Å²) in [4.78, 5) is 24.5. The van der Waals surface area contributed by atoms with E-state index in [0.717, 1.165) is 5.56 Å². The highest BCUT2D eigenvalue weighted by molar-refractivity contribution is 6.30. The van der Waals surface area contributed by atoms with Gasteiger partial charge in [-0.3, -0.25) is 4.79 Å². The van der Waals surface area contributed by atoms with Gasteiger partial charge in [-0.1, -0.05) is 23.7 Å². The molecule has 1 aliphatic heterocycles. The molecule has 0 saturated carbocycles. The van der Waals surface area contributed by atoms with Gasteiger partial charge in [0, 0.05) is 43.6 Å². The summed E-state index contributed by atoms with van der Waals surface area (Å²) in [5.74, 6) is 0.682. The number of amides is 1. The Balaban J connectivity index is 1.59. The molecule has 1 aromatic carbocycles. The smallest absolute Gasteiger partial charge is 0.227 e. The molecule has 0 radical (unpaired) electrons. The molecule has 2 aromatic rings. The number of hydrogen-bond acceptors (Lipinski definition) is 5. The number of halogens is 1. The van der Waals surface area contributed by atoms with Gasteiger partial charge in [-0.15, -0.1) is 0 Å². The van der Waals surface area contributed by atoms with E-state index in [1.165, 1.54) is 6.20 Å². The Morgan fingerprint density at radius 2 is 1.79 bits per heavy atom. The molecule has 0 spiro atoms. The first-order valence-corrected chi connectivity index (χ1v) is 8.03. The van der Waals surface area contributed by atoms with Crippen molar-refractivity contribution < 1.29 is 4.79 Å². The van der Waals surface area contributed by atoms with Gasteiger partial charge in [0.2, 0.25) is 5.91 Å². The van der Waals surface area contributed by atoms with Crippen LogP contribution in [0.1, 0.15) is 11.3 Å². The van der Waals surface area contributed by atoms with Gasteiger partial charge in [-0.2, -0.15) is 5.26 Å². The van der Waals surface area contributed by atoms with E-state index in [4.69, 9.17) is 16.9 Å². The van der Waals surface area contributed by atoms with E-state index in [-0.39, 0.29) is 5.91 Å². The summed E-state index contributed by atoms with van der Waals surface area (Å²) in [6.45, 7) is 2.49. The maximum Gasteiger partial charge on any atom is 0.227 e. The normalized spacial score (nSPS) is 14.3. The number of aromatic nitrogens is 2. The fourth-order valence-corrected chi connectivity index (χ4v) is 2.82. The third-order valence-electron chi connectivity index (χ3n) is 3.99. The van der Waals surface area contributed by atoms with E-state index in [1.54, 1.807) is 18.3 Å². The summed E-state index contributed by atoms with van der Waals surface area (Å²) < 4.78 is 0. The van der Waals surface area contributed by atoms with Crippen LogP contribution in [0.15, 0.2) is 36.7 Å². The van der Waals surface area contributed by atoms with Gasteiger partial charge < -0.3 is 9.80 Å². The largest absolute Gasteiger partial charge is 0.351 e. The highest BCUT2D eigenvalue weighted by Gasteiger charge is 2.23. The molecule has 0 N–H and O–H groups in total. The third kappa shape index (κ3) is 3.63. The molecule has 1 saturated heterocycles. The van der Waals surface area contributed by atoms with E-state index in [9.17, 15) is 4.79 Å². The van der Waals surface area contributed by atoms with Gasteiger partial charge in [-0.25, -0.2) is 9.97 Å². The van der Waals surface area contributed by atoms with Crippen molar-refractivity contribution >= 4 is 23.3 Å². The van der Waals surface area contributed by atoms with Gasteiger partial charge in [0.25, 0.3) is 0 Å². The first kappa shape index (κ1) is 16.2. The van der Waals surface area contributed by atoms with Gasteiger partial charge in [0.05, 0.1) is 6.42 Å². The van der Waals surface area contributed by atoms with Crippen LogP contribution < -0.4 is 4.90 Å². The zero-order valence-corrected chi connectivity index (χ0v) is 13.8. The maximum atomic E-state index is 12.4. The Bertz CT molecular complexity index is 763. The Morgan fingerprint density at radius 1 is 1.12 bits per heavy atom. The molecule has 0 aliphatic carbocycles. The molecule has 0 atom stereocenters. The number of nitriles is 1. The lowest BCUT2D eigenvalue weighted by Crippen LogP contribution is -2.49. The van der Waals surface area contributed by atoms with Crippen LogP contribution in [0.2, 0.25) is 5.02 Å². The number of nitrogens with zero attached hydrogens (tertiary/aromatic N) is 5. The van der Waals surface area contributed by atoms with Crippen molar-refractivity contribution in [2.75, 3.05) is 31.1 Å². The van der Waals surface area contributed by atoms with Crippen molar-refractivity contribution in [3.8, 4) is 6.07 Å². The summed E-state index contributed by atoms with van der Waals surface area (Å²) in [6, 6.07) is 9.38. The summed E-state index contributed by atoms with van der Waals surface area (Å²) in [7, 11) is 0. The zero-order chi connectivity index (χ0) is 16.9. The molecule has 7 heteroatoms. The van der Waals surface area contributed by atoms with Gasteiger partial charge >= 0.3 is 0 Å². The molecule has 122 valence electrons. The SMILES string of the molecule is N#Cc1nccnc1N1CCN(C(=O)Cc2ccc(Cl)cc2)CC1. The van der Waals surface area contributed by atoms with Crippen molar-refractivity contribution in [2.24, 2.45) is 0 Å². The lowest BCUT2D eigenvalue weighted by atomic mass is 10.1. The Kier molecular flexibility index (Phi) is 4.92. The number of carbonyl (C=O) groups excluding carboxylic acids is 1. The van der Waals surface area contributed by atoms with Crippen LogP contribution in [-0.4, -0.2) is 47.0 Å². The van der Waals surface area contributed by atoms with Gasteiger partial charge in [-0.05, 0) is 17.7 Å². The number of hydrogen-bond donors (Lipinski definition) is 0. The van der Waals surface area contributed by atoms with Crippen LogP contribution in [0, 0.1) is 11.3 Å². The fraction of sp³-hybridized carbons (Fsp3) is 0.294. The van der Waals surface area contributed by atoms with Crippen LogP contribution in [0.4, 0.5) is 5.82 Å². The maximum absolute atomic E-state index is 12.4. The molecule has 1 fully saturated rings. The van der Waals surface area contributed by atoms with Crippen LogP contribution in [0.25, 0.3) is 0 Å². The molecular formula is C17H16ClN5O. The highest BCUT2D eigenvalue weighted by Crippen LogP contribution is 2.17. The topological polar surface area (TPSA) is 73.1 Å². The van der Waals surface area contributed by atoms with Crippen molar-refractivity contribution in [1.29, 1.82) is 5.26 Å². The highest BCUT2D eigenvalue weighted by atomic mass is 35.5. The summed E-state index contributed by atoms with van der Waals surface area (Å²) >= 11 is 5.86. The molecule has 0 unspecified atom stereocenters. The van der Waals surface area contributed by atoms with E-state index < -0.39 is 0 Å². The predicted octanol–water partition coefficient (Wildman–Crippen LogP) is 1.89. The molecular weight excluding hydrogens is 326 g/mol. The van der Waals surface area contributed by atoms with Crippen molar-refractivity contribution in [3.63, 3.8) is 0 Å². The number of rotatable bonds is 3. The standard InChI is InChI=1S/C17H16ClN5O/c18-14-3-1-13(2-4-14)11-16(24)22-7-9-23(10-8-22)17-15(12-19)20-5-6-21-17/h1-6H,7-11H2. The molecule has 0 bridgehead atoms. The molecule has 1 amide bonds. The van der Waals surface area contributed by atoms with Crippen LogP contribution in [-0.2, 0) is 11.2 Å². The summed E-state index contributed by atoms with van der Waals surface area (Å²) in [5.41, 5.74) is 1.27. The third-order valence-corrected chi connectivity index (χ3v) is 4.24. The minimum absolute atomic E-state index is 0.0941. The predicted molar refractivity (Wildman–Crippen MR) is 90.7 cm³/mol. The second-order valence-corrected chi connectivity index (χ2v) is 5.95. The van der Waals surface area contributed by atoms with Crippen molar-refractivity contribution in [3.05, 3.63) is 52.9 Å². The van der Waals surface area contributed by atoms with Crippen molar-refractivity contribution in [1.82, 2.24) is 14.9 Å². The monoisotopic (exact) mass is 341 g/mol. The molecule has 6 nitrogen and oxygen atoms in total. The Hall–Kier alpha value is -2.65. The Morgan fingerprint density at radius 3 is 2.46 bits per heavy atom. The second kappa shape index (κ2) is 7.28. The Labute approximate surface area is 145 Å². The molecule has 1 aromatic heterocycles. The lowest BCUT2D eigenvalue weighted by molar-refractivity contribution is -0.130. The lowest BCUT2D eigenvalue weighted by Gasteiger charge is -2.35. The number of piperazine rings is 1. The number of anilines is 1. The minimum Gasteiger partial charge on any atom is -0.351 e. The molecule has 1 aliphatic rings. The number of carbonyl (C=O) groups is 1. The molecule has 2 heterocycles. The van der Waals surface area contributed by atoms with Crippen LogP contribution in [0.3, 0.4) is 0 Å². The van der Waals surface area contributed by atoms with Crippen molar-refractivity contribution in [2.45, 2.75) is 6.42 Å². The van der Waals surface area contributed by atoms with E-state index in [2.05, 4.69) is 16.0 Å². The number of benzene rings is 1. The average Bonchev–Trinajstić information content (AvgIpc) is 2.63. The van der Waals surface area contributed by atoms with Gasteiger partial charge in [0.1, 0.15) is 6.07 Å². The summed E-state index contributed by atoms with van der Waals surface area (Å²) in [5, 5.41) is 9.78. The molecule has 24 heavy (non-hydrogen) atoms. The zero-order valence-electron chi connectivity index (χ0n) is 13.0. The first-order valence-electron chi connectivity index (χ1n) is 7.65. The van der Waals surface area contributed by atoms with E-state index >= 15 is 0 Å².